The van der Waals surface area contributed by atoms with Crippen LogP contribution in [0.4, 0.5) is 0 Å². The first-order valence-corrected chi connectivity index (χ1v) is 7.51. The van der Waals surface area contributed by atoms with Crippen molar-refractivity contribution in [3.63, 3.8) is 0 Å². The monoisotopic (exact) mass is 338 g/mol. The SMILES string of the molecule is C1=CN(C2=NC(N3CCONC3)=C(N3C=NOCC3)ON2)CNO1. The number of aliphatic imine (C=N–C) groups is 1. The van der Waals surface area contributed by atoms with Gasteiger partial charge in [-0.2, -0.15) is 16.0 Å². The molecule has 0 saturated carbocycles. The molecule has 4 aliphatic heterocycles. The van der Waals surface area contributed by atoms with Crippen molar-refractivity contribution < 1.29 is 19.4 Å². The average Bonchev–Trinajstić information content (AvgIpc) is 2.69. The second-order valence-corrected chi connectivity index (χ2v) is 5.11. The van der Waals surface area contributed by atoms with E-state index >= 15 is 0 Å². The summed E-state index contributed by atoms with van der Waals surface area (Å²) in [5, 5.41) is 3.83. The summed E-state index contributed by atoms with van der Waals surface area (Å²) in [6.07, 6.45) is 4.85. The van der Waals surface area contributed by atoms with Gasteiger partial charge in [0.25, 0.3) is 5.88 Å². The summed E-state index contributed by atoms with van der Waals surface area (Å²) in [5.74, 6) is 1.77. The van der Waals surface area contributed by atoms with Crippen molar-refractivity contribution in [3.05, 3.63) is 24.2 Å². The van der Waals surface area contributed by atoms with E-state index in [-0.39, 0.29) is 0 Å². The van der Waals surface area contributed by atoms with Crippen LogP contribution in [0.15, 0.2) is 34.3 Å². The van der Waals surface area contributed by atoms with Crippen LogP contribution in [0, 0.1) is 0 Å². The lowest BCUT2D eigenvalue weighted by atomic mass is 10.4. The summed E-state index contributed by atoms with van der Waals surface area (Å²) < 4.78 is 0. The van der Waals surface area contributed by atoms with Crippen LogP contribution in [0.5, 0.6) is 0 Å². The Morgan fingerprint density at radius 1 is 1.08 bits per heavy atom. The molecule has 0 amide bonds. The van der Waals surface area contributed by atoms with Gasteiger partial charge in [-0.05, 0) is 0 Å². The molecule has 0 bridgehead atoms. The number of oxime groups is 1. The number of guanidine groups is 1. The second kappa shape index (κ2) is 6.82. The molecule has 130 valence electrons. The van der Waals surface area contributed by atoms with Gasteiger partial charge >= 0.3 is 0 Å². The molecule has 3 N–H and O–H groups in total. The minimum Gasteiger partial charge on any atom is -0.413 e. The number of hydrogen-bond acceptors (Lipinski definition) is 12. The molecule has 1 saturated heterocycles. The quantitative estimate of drug-likeness (QED) is 0.541. The number of hydroxylamine groups is 3. The van der Waals surface area contributed by atoms with Crippen LogP contribution >= 0.6 is 0 Å². The van der Waals surface area contributed by atoms with Crippen molar-refractivity contribution in [1.82, 2.24) is 31.1 Å². The third-order valence-electron chi connectivity index (χ3n) is 3.61. The van der Waals surface area contributed by atoms with Crippen LogP contribution < -0.4 is 16.4 Å². The molecule has 0 spiro atoms. The predicted molar refractivity (Wildman–Crippen MR) is 80.6 cm³/mol. The van der Waals surface area contributed by atoms with Gasteiger partial charge in [0.15, 0.2) is 5.82 Å². The minimum atomic E-state index is 0.439. The Balaban J connectivity index is 1.65. The average molecular weight is 338 g/mol. The number of nitrogens with one attached hydrogen (secondary N) is 3. The van der Waals surface area contributed by atoms with E-state index < -0.39 is 0 Å². The zero-order valence-corrected chi connectivity index (χ0v) is 12.8. The zero-order chi connectivity index (χ0) is 16.2. The van der Waals surface area contributed by atoms with E-state index in [2.05, 4.69) is 21.6 Å². The van der Waals surface area contributed by atoms with Gasteiger partial charge in [0.1, 0.15) is 25.9 Å². The summed E-state index contributed by atoms with van der Waals surface area (Å²) in [6, 6.07) is 0. The highest BCUT2D eigenvalue weighted by Gasteiger charge is 2.29. The zero-order valence-electron chi connectivity index (χ0n) is 12.8. The first kappa shape index (κ1) is 14.9. The lowest BCUT2D eigenvalue weighted by Crippen LogP contribution is -2.50. The molecule has 4 heterocycles. The van der Waals surface area contributed by atoms with Crippen molar-refractivity contribution in [2.45, 2.75) is 0 Å². The first-order valence-electron chi connectivity index (χ1n) is 7.51. The van der Waals surface area contributed by atoms with Crippen LogP contribution in [0.2, 0.25) is 0 Å². The Morgan fingerprint density at radius 3 is 2.83 bits per heavy atom. The molecule has 24 heavy (non-hydrogen) atoms. The van der Waals surface area contributed by atoms with Crippen molar-refractivity contribution in [3.8, 4) is 0 Å². The van der Waals surface area contributed by atoms with E-state index in [1.54, 1.807) is 12.5 Å². The maximum Gasteiger partial charge on any atom is 0.271 e. The summed E-state index contributed by atoms with van der Waals surface area (Å²) in [6.45, 7) is 3.26. The molecule has 12 heteroatoms. The van der Waals surface area contributed by atoms with Gasteiger partial charge in [-0.3, -0.25) is 14.6 Å². The Labute approximate surface area is 137 Å². The lowest BCUT2D eigenvalue weighted by molar-refractivity contribution is -0.0405. The molecule has 0 aliphatic carbocycles. The molecule has 12 nitrogen and oxygen atoms in total. The highest BCUT2D eigenvalue weighted by molar-refractivity contribution is 5.81. The molecule has 0 aromatic rings. The Kier molecular flexibility index (Phi) is 4.22. The van der Waals surface area contributed by atoms with Crippen LogP contribution in [-0.4, -0.2) is 66.6 Å². The van der Waals surface area contributed by atoms with E-state index in [0.29, 0.717) is 57.3 Å². The fourth-order valence-corrected chi connectivity index (χ4v) is 2.39. The van der Waals surface area contributed by atoms with Gasteiger partial charge in [0, 0.05) is 12.7 Å². The van der Waals surface area contributed by atoms with Crippen molar-refractivity contribution in [1.29, 1.82) is 0 Å². The van der Waals surface area contributed by atoms with Gasteiger partial charge in [0.05, 0.1) is 19.8 Å². The largest absolute Gasteiger partial charge is 0.413 e. The topological polar surface area (TPSA) is 107 Å². The third kappa shape index (κ3) is 3.02. The molecule has 0 unspecified atom stereocenters. The number of hydrogen-bond donors (Lipinski definition) is 3. The molecule has 0 aromatic carbocycles. The Bertz CT molecular complexity index is 586. The van der Waals surface area contributed by atoms with Gasteiger partial charge in [-0.15, -0.1) is 5.48 Å². The maximum absolute atomic E-state index is 5.77. The lowest BCUT2D eigenvalue weighted by Gasteiger charge is -2.36. The van der Waals surface area contributed by atoms with E-state index in [0.717, 1.165) is 0 Å². The highest BCUT2D eigenvalue weighted by atomic mass is 16.7. The predicted octanol–water partition coefficient (Wildman–Crippen LogP) is -1.66. The van der Waals surface area contributed by atoms with E-state index in [1.807, 2.05) is 14.7 Å². The standard InChI is InChI=1S/C12H18N8O4/c1-4-21-13-7-18(1)10-11(19-2-5-22-14-8-19)24-17-12(16-10)20-3-6-23-15-9-20/h3,6,8,13,15H,1-2,4-5,7,9H2,(H,16,17). The van der Waals surface area contributed by atoms with Crippen LogP contribution in [0.25, 0.3) is 0 Å². The fourth-order valence-electron chi connectivity index (χ4n) is 2.39. The molecule has 0 radical (unpaired) electrons. The van der Waals surface area contributed by atoms with Gasteiger partial charge in [0.2, 0.25) is 5.96 Å². The molecule has 0 atom stereocenters. The normalized spacial score (nSPS) is 24.0. The van der Waals surface area contributed by atoms with Crippen LogP contribution in [0.3, 0.4) is 0 Å². The van der Waals surface area contributed by atoms with E-state index in [9.17, 15) is 0 Å². The van der Waals surface area contributed by atoms with E-state index in [4.69, 9.17) is 24.3 Å². The second-order valence-electron chi connectivity index (χ2n) is 5.11. The highest BCUT2D eigenvalue weighted by Crippen LogP contribution is 2.21. The summed E-state index contributed by atoms with van der Waals surface area (Å²) in [7, 11) is 0. The Hall–Kier alpha value is -2.70. The van der Waals surface area contributed by atoms with Crippen molar-refractivity contribution in [2.75, 3.05) is 39.6 Å². The molecule has 1 fully saturated rings. The third-order valence-corrected chi connectivity index (χ3v) is 3.61. The summed E-state index contributed by atoms with van der Waals surface area (Å²) in [4.78, 5) is 31.3. The number of rotatable bonds is 2. The maximum atomic E-state index is 5.77. The molecular weight excluding hydrogens is 320 g/mol. The smallest absolute Gasteiger partial charge is 0.271 e. The first-order chi connectivity index (χ1) is 11.9. The van der Waals surface area contributed by atoms with Gasteiger partial charge in [-0.25, -0.2) is 0 Å². The molecular formula is C12H18N8O4. The Morgan fingerprint density at radius 2 is 2.08 bits per heavy atom. The van der Waals surface area contributed by atoms with Crippen molar-refractivity contribution in [2.24, 2.45) is 10.1 Å². The number of nitrogens with zero attached hydrogens (tertiary/aromatic N) is 5. The molecule has 4 rings (SSSR count). The van der Waals surface area contributed by atoms with Crippen LogP contribution in [0.1, 0.15) is 0 Å². The van der Waals surface area contributed by atoms with Gasteiger partial charge < -0.3 is 19.4 Å². The van der Waals surface area contributed by atoms with Crippen molar-refractivity contribution >= 4 is 12.3 Å². The van der Waals surface area contributed by atoms with E-state index in [1.165, 1.54) is 6.26 Å². The fraction of sp³-hybridized carbons (Fsp3) is 0.500. The van der Waals surface area contributed by atoms with Gasteiger partial charge in [-0.1, -0.05) is 5.16 Å². The molecule has 4 aliphatic rings. The van der Waals surface area contributed by atoms with Crippen LogP contribution in [-0.2, 0) is 19.4 Å². The summed E-state index contributed by atoms with van der Waals surface area (Å²) >= 11 is 0. The summed E-state index contributed by atoms with van der Waals surface area (Å²) in [5.41, 5.74) is 8.47. The molecule has 0 aromatic heterocycles. The minimum absolute atomic E-state index is 0.439.